The van der Waals surface area contributed by atoms with Crippen molar-refractivity contribution in [3.05, 3.63) is 64.9 Å². The molecule has 0 spiro atoms. The van der Waals surface area contributed by atoms with Gasteiger partial charge in [0.15, 0.2) is 0 Å². The highest BCUT2D eigenvalue weighted by Gasteiger charge is 2.31. The predicted molar refractivity (Wildman–Crippen MR) is 99.9 cm³/mol. The number of aromatic nitrogens is 4. The molecule has 0 saturated carbocycles. The van der Waals surface area contributed by atoms with Crippen LogP contribution in [0.15, 0.2) is 48.5 Å². The van der Waals surface area contributed by atoms with Gasteiger partial charge in [-0.1, -0.05) is 35.9 Å². The molecule has 1 aliphatic rings. The molecule has 25 heavy (non-hydrogen) atoms. The average molecular weight is 350 g/mol. The predicted octanol–water partition coefficient (Wildman–Crippen LogP) is 4.37. The SMILES string of the molecule is Cc1nn(C)c(Cl)c1[C@@H]1Nc2ccccc2-c2nc3ccccc3n21. The van der Waals surface area contributed by atoms with Crippen molar-refractivity contribution >= 4 is 28.3 Å². The molecule has 1 aliphatic heterocycles. The van der Waals surface area contributed by atoms with Crippen LogP contribution in [0, 0.1) is 6.92 Å². The number of nitrogens with one attached hydrogen (secondary N) is 1. The normalized spacial score (nSPS) is 15.7. The Kier molecular flexibility index (Phi) is 2.97. The van der Waals surface area contributed by atoms with E-state index in [4.69, 9.17) is 16.6 Å². The third kappa shape index (κ3) is 1.96. The third-order valence-corrected chi connectivity index (χ3v) is 5.23. The van der Waals surface area contributed by atoms with Crippen LogP contribution in [-0.4, -0.2) is 19.3 Å². The molecule has 0 bridgehead atoms. The van der Waals surface area contributed by atoms with Crippen LogP contribution in [0.5, 0.6) is 0 Å². The number of halogens is 1. The Morgan fingerprint density at radius 1 is 1.08 bits per heavy atom. The van der Waals surface area contributed by atoms with Crippen LogP contribution in [0.2, 0.25) is 5.15 Å². The van der Waals surface area contributed by atoms with Crippen LogP contribution in [0.25, 0.3) is 22.4 Å². The second-order valence-corrected chi connectivity index (χ2v) is 6.66. The number of hydrogen-bond acceptors (Lipinski definition) is 3. The van der Waals surface area contributed by atoms with Crippen molar-refractivity contribution in [1.29, 1.82) is 0 Å². The smallest absolute Gasteiger partial charge is 0.145 e. The number of aryl methyl sites for hydroxylation is 2. The molecule has 4 aromatic rings. The van der Waals surface area contributed by atoms with Gasteiger partial charge >= 0.3 is 0 Å². The highest BCUT2D eigenvalue weighted by molar-refractivity contribution is 6.30. The van der Waals surface area contributed by atoms with E-state index in [0.717, 1.165) is 39.4 Å². The number of para-hydroxylation sites is 3. The monoisotopic (exact) mass is 349 g/mol. The van der Waals surface area contributed by atoms with Crippen LogP contribution < -0.4 is 5.32 Å². The molecule has 2 aromatic heterocycles. The second-order valence-electron chi connectivity index (χ2n) is 6.30. The zero-order valence-corrected chi connectivity index (χ0v) is 14.6. The number of imidazole rings is 1. The van der Waals surface area contributed by atoms with Crippen LogP contribution in [0.4, 0.5) is 5.69 Å². The lowest BCUT2D eigenvalue weighted by Crippen LogP contribution is -2.25. The van der Waals surface area contributed by atoms with E-state index in [1.165, 1.54) is 0 Å². The van der Waals surface area contributed by atoms with Gasteiger partial charge in [-0.15, -0.1) is 0 Å². The van der Waals surface area contributed by atoms with E-state index >= 15 is 0 Å². The van der Waals surface area contributed by atoms with Gasteiger partial charge in [0.2, 0.25) is 0 Å². The summed E-state index contributed by atoms with van der Waals surface area (Å²) in [5.74, 6) is 0.944. The zero-order valence-electron chi connectivity index (χ0n) is 13.9. The van der Waals surface area contributed by atoms with Crippen molar-refractivity contribution in [2.24, 2.45) is 7.05 Å². The number of anilines is 1. The average Bonchev–Trinajstić information content (AvgIpc) is 3.12. The van der Waals surface area contributed by atoms with Gasteiger partial charge in [0.1, 0.15) is 17.1 Å². The largest absolute Gasteiger partial charge is 0.360 e. The zero-order chi connectivity index (χ0) is 17.1. The molecular weight excluding hydrogens is 334 g/mol. The lowest BCUT2D eigenvalue weighted by Gasteiger charge is -2.30. The molecule has 3 heterocycles. The summed E-state index contributed by atoms with van der Waals surface area (Å²) in [6, 6.07) is 16.4. The summed E-state index contributed by atoms with van der Waals surface area (Å²) in [5.41, 5.74) is 6.07. The molecule has 0 saturated heterocycles. The molecule has 5 rings (SSSR count). The maximum atomic E-state index is 6.59. The number of hydrogen-bond donors (Lipinski definition) is 1. The van der Waals surface area contributed by atoms with Gasteiger partial charge in [0.05, 0.1) is 22.3 Å². The summed E-state index contributed by atoms with van der Waals surface area (Å²) < 4.78 is 3.93. The Bertz CT molecular complexity index is 1120. The first kappa shape index (κ1) is 14.5. The molecule has 1 atom stereocenters. The molecule has 2 aromatic carbocycles. The lowest BCUT2D eigenvalue weighted by atomic mass is 10.1. The first-order valence-electron chi connectivity index (χ1n) is 8.17. The summed E-state index contributed by atoms with van der Waals surface area (Å²) in [4.78, 5) is 4.89. The lowest BCUT2D eigenvalue weighted by molar-refractivity contribution is 0.664. The minimum absolute atomic E-state index is 0.154. The topological polar surface area (TPSA) is 47.7 Å². The van der Waals surface area contributed by atoms with Gasteiger partial charge in [0, 0.05) is 18.3 Å². The second kappa shape index (κ2) is 5.10. The van der Waals surface area contributed by atoms with Crippen LogP contribution in [-0.2, 0) is 7.05 Å². The van der Waals surface area contributed by atoms with Crippen molar-refractivity contribution in [1.82, 2.24) is 19.3 Å². The van der Waals surface area contributed by atoms with E-state index in [-0.39, 0.29) is 6.17 Å². The summed E-state index contributed by atoms with van der Waals surface area (Å²) in [6.07, 6.45) is -0.154. The van der Waals surface area contributed by atoms with Crippen molar-refractivity contribution in [2.75, 3.05) is 5.32 Å². The Balaban J connectivity index is 1.86. The molecule has 0 amide bonds. The Labute approximate surface area is 149 Å². The molecule has 0 unspecified atom stereocenters. The Morgan fingerprint density at radius 2 is 1.84 bits per heavy atom. The standard InChI is InChI=1S/C19H16ClN5/c1-11-16(17(20)24(2)23-11)19-21-13-8-4-3-7-12(13)18-22-14-9-5-6-10-15(14)25(18)19/h3-10,19,21H,1-2H3/t19-/m1/s1. The maximum Gasteiger partial charge on any atom is 0.145 e. The van der Waals surface area contributed by atoms with E-state index in [1.807, 2.05) is 44.3 Å². The maximum absolute atomic E-state index is 6.59. The molecule has 0 radical (unpaired) electrons. The minimum atomic E-state index is -0.154. The molecule has 124 valence electrons. The summed E-state index contributed by atoms with van der Waals surface area (Å²) >= 11 is 6.59. The quantitative estimate of drug-likeness (QED) is 0.555. The van der Waals surface area contributed by atoms with Crippen molar-refractivity contribution < 1.29 is 0 Å². The van der Waals surface area contributed by atoms with E-state index in [0.29, 0.717) is 5.15 Å². The highest BCUT2D eigenvalue weighted by Crippen LogP contribution is 2.42. The number of benzene rings is 2. The number of rotatable bonds is 1. The van der Waals surface area contributed by atoms with E-state index in [9.17, 15) is 0 Å². The fourth-order valence-electron chi connectivity index (χ4n) is 3.67. The Hall–Kier alpha value is -2.79. The minimum Gasteiger partial charge on any atom is -0.360 e. The molecular formula is C19H16ClN5. The van der Waals surface area contributed by atoms with E-state index in [2.05, 4.69) is 33.2 Å². The van der Waals surface area contributed by atoms with Gasteiger partial charge in [-0.05, 0) is 31.2 Å². The molecule has 5 nitrogen and oxygen atoms in total. The van der Waals surface area contributed by atoms with Crippen LogP contribution >= 0.6 is 11.6 Å². The molecule has 0 aliphatic carbocycles. The summed E-state index contributed by atoms with van der Waals surface area (Å²) in [6.45, 7) is 1.99. The summed E-state index contributed by atoms with van der Waals surface area (Å²) in [5, 5.41) is 8.76. The fourth-order valence-corrected chi connectivity index (χ4v) is 3.95. The van der Waals surface area contributed by atoms with Crippen molar-refractivity contribution in [2.45, 2.75) is 13.1 Å². The number of nitrogens with zero attached hydrogens (tertiary/aromatic N) is 4. The fraction of sp³-hybridized carbons (Fsp3) is 0.158. The third-order valence-electron chi connectivity index (χ3n) is 4.78. The van der Waals surface area contributed by atoms with Crippen molar-refractivity contribution in [3.8, 4) is 11.4 Å². The van der Waals surface area contributed by atoms with E-state index < -0.39 is 0 Å². The van der Waals surface area contributed by atoms with Gasteiger partial charge in [0.25, 0.3) is 0 Å². The van der Waals surface area contributed by atoms with Gasteiger partial charge in [-0.25, -0.2) is 4.98 Å². The van der Waals surface area contributed by atoms with Crippen molar-refractivity contribution in [3.63, 3.8) is 0 Å². The van der Waals surface area contributed by atoms with Gasteiger partial charge in [-0.2, -0.15) is 5.10 Å². The molecule has 1 N–H and O–H groups in total. The Morgan fingerprint density at radius 3 is 2.64 bits per heavy atom. The molecule has 0 fully saturated rings. The van der Waals surface area contributed by atoms with E-state index in [1.54, 1.807) is 4.68 Å². The van der Waals surface area contributed by atoms with Gasteiger partial charge < -0.3 is 5.32 Å². The highest BCUT2D eigenvalue weighted by atomic mass is 35.5. The first-order chi connectivity index (χ1) is 12.1. The first-order valence-corrected chi connectivity index (χ1v) is 8.55. The van der Waals surface area contributed by atoms with Crippen LogP contribution in [0.3, 0.4) is 0 Å². The summed E-state index contributed by atoms with van der Waals surface area (Å²) in [7, 11) is 1.86. The van der Waals surface area contributed by atoms with Crippen LogP contribution in [0.1, 0.15) is 17.4 Å². The van der Waals surface area contributed by atoms with Gasteiger partial charge in [-0.3, -0.25) is 9.25 Å². The molecule has 6 heteroatoms. The number of fused-ring (bicyclic) bond motifs is 5.